The van der Waals surface area contributed by atoms with Crippen LogP contribution in [0.2, 0.25) is 0 Å². The zero-order valence-electron chi connectivity index (χ0n) is 22.1. The molecule has 0 saturated carbocycles. The first-order valence-electron chi connectivity index (χ1n) is 12.7. The average Bonchev–Trinajstić information content (AvgIpc) is 3.47. The number of nitrogens with one attached hydrogen (secondary N) is 3. The molecular formula is C25H33N11O2. The van der Waals surface area contributed by atoms with Crippen LogP contribution in [-0.4, -0.2) is 84.2 Å². The summed E-state index contributed by atoms with van der Waals surface area (Å²) in [6.45, 7) is 7.87. The number of nitrogens with zero attached hydrogens (tertiary/aromatic N) is 8. The highest BCUT2D eigenvalue weighted by Crippen LogP contribution is 2.26. The third-order valence-corrected chi connectivity index (χ3v) is 6.54. The maximum atomic E-state index is 12.9. The zero-order chi connectivity index (χ0) is 26.6. The largest absolute Gasteiger partial charge is 0.376 e. The van der Waals surface area contributed by atoms with E-state index in [4.69, 9.17) is 4.74 Å². The fourth-order valence-corrected chi connectivity index (χ4v) is 4.38. The predicted octanol–water partition coefficient (Wildman–Crippen LogP) is 2.13. The molecule has 38 heavy (non-hydrogen) atoms. The molecule has 1 aliphatic rings. The maximum absolute atomic E-state index is 12.9. The van der Waals surface area contributed by atoms with Crippen molar-refractivity contribution in [2.45, 2.75) is 26.4 Å². The normalized spacial score (nSPS) is 16.1. The molecule has 0 aliphatic carbocycles. The molecule has 13 nitrogen and oxygen atoms in total. The van der Waals surface area contributed by atoms with Crippen LogP contribution < -0.4 is 16.0 Å². The Morgan fingerprint density at radius 2 is 2.05 bits per heavy atom. The van der Waals surface area contributed by atoms with Gasteiger partial charge in [-0.3, -0.25) is 19.4 Å². The Bertz CT molecular complexity index is 1430. The summed E-state index contributed by atoms with van der Waals surface area (Å²) in [4.78, 5) is 28.6. The SMILES string of the molecule is CC[C@@H]1CN(CCNC(=O)c2cnc(C)c(Nc3nn(C)c4nc(Nc5cnn(C)c5)ncc34)c2)CCO1. The minimum absolute atomic E-state index is 0.166. The molecule has 1 amide bonds. The summed E-state index contributed by atoms with van der Waals surface area (Å²) in [5.74, 6) is 0.857. The Labute approximate surface area is 220 Å². The third kappa shape index (κ3) is 5.73. The summed E-state index contributed by atoms with van der Waals surface area (Å²) in [6, 6.07) is 1.79. The van der Waals surface area contributed by atoms with Crippen LogP contribution in [0.4, 0.5) is 23.1 Å². The van der Waals surface area contributed by atoms with Gasteiger partial charge in [-0.25, -0.2) is 9.67 Å². The monoisotopic (exact) mass is 519 g/mol. The van der Waals surface area contributed by atoms with Crippen molar-refractivity contribution in [2.75, 3.05) is 43.4 Å². The first-order chi connectivity index (χ1) is 18.4. The number of fused-ring (bicyclic) bond motifs is 1. The lowest BCUT2D eigenvalue weighted by Crippen LogP contribution is -2.45. The molecule has 1 saturated heterocycles. The standard InChI is InChI=1S/C25H33N11O2/c1-5-19-15-36(8-9-38-19)7-6-26-24(37)17-10-21(16(2)27-11-17)31-22-20-13-28-25(32-23(20)35(4)33-22)30-18-12-29-34(3)14-18/h10-14,19H,5-9,15H2,1-4H3,(H,26,37)(H,31,33)(H,28,30,32)/t19-/m1/s1. The van der Waals surface area contributed by atoms with Gasteiger partial charge in [0.05, 0.1) is 46.9 Å². The smallest absolute Gasteiger partial charge is 0.252 e. The molecule has 3 N–H and O–H groups in total. The van der Waals surface area contributed by atoms with Crippen LogP contribution in [0.3, 0.4) is 0 Å². The number of hydrogen-bond acceptors (Lipinski definition) is 10. The molecule has 0 aromatic carbocycles. The number of morpholine rings is 1. The molecule has 0 unspecified atom stereocenters. The van der Waals surface area contributed by atoms with Gasteiger partial charge >= 0.3 is 0 Å². The molecule has 5 heterocycles. The fraction of sp³-hybridized carbons (Fsp3) is 0.440. The lowest BCUT2D eigenvalue weighted by molar-refractivity contribution is -0.0289. The van der Waals surface area contributed by atoms with Crippen LogP contribution in [-0.2, 0) is 18.8 Å². The van der Waals surface area contributed by atoms with E-state index in [1.54, 1.807) is 34.0 Å². The number of carbonyl (C=O) groups is 1. The van der Waals surface area contributed by atoms with Gasteiger partial charge in [0.1, 0.15) is 0 Å². The minimum atomic E-state index is -0.166. The predicted molar refractivity (Wildman–Crippen MR) is 144 cm³/mol. The lowest BCUT2D eigenvalue weighted by Gasteiger charge is -2.32. The number of pyridine rings is 1. The van der Waals surface area contributed by atoms with Crippen LogP contribution in [0.15, 0.2) is 30.9 Å². The van der Waals surface area contributed by atoms with Crippen molar-refractivity contribution in [3.63, 3.8) is 0 Å². The van der Waals surface area contributed by atoms with Gasteiger partial charge in [-0.05, 0) is 19.4 Å². The summed E-state index contributed by atoms with van der Waals surface area (Å²) in [5, 5.41) is 18.9. The summed E-state index contributed by atoms with van der Waals surface area (Å²) < 4.78 is 9.10. The van der Waals surface area contributed by atoms with E-state index in [0.717, 1.165) is 49.4 Å². The Hall–Kier alpha value is -4.10. The molecule has 1 aliphatic heterocycles. The van der Waals surface area contributed by atoms with E-state index in [9.17, 15) is 4.79 Å². The second kappa shape index (κ2) is 11.1. The molecule has 5 rings (SSSR count). The van der Waals surface area contributed by atoms with E-state index >= 15 is 0 Å². The molecular weight excluding hydrogens is 486 g/mol. The van der Waals surface area contributed by atoms with Crippen molar-refractivity contribution in [1.29, 1.82) is 0 Å². The van der Waals surface area contributed by atoms with E-state index in [0.29, 0.717) is 35.2 Å². The molecule has 4 aromatic heterocycles. The summed E-state index contributed by atoms with van der Waals surface area (Å²) in [7, 11) is 3.66. The van der Waals surface area contributed by atoms with Crippen molar-refractivity contribution < 1.29 is 9.53 Å². The molecule has 200 valence electrons. The van der Waals surface area contributed by atoms with Crippen molar-refractivity contribution in [1.82, 2.24) is 44.7 Å². The van der Waals surface area contributed by atoms with E-state index in [1.807, 2.05) is 27.2 Å². The molecule has 1 fully saturated rings. The van der Waals surface area contributed by atoms with Crippen LogP contribution in [0.1, 0.15) is 29.4 Å². The number of carbonyl (C=O) groups excluding carboxylic acids is 1. The number of aromatic nitrogens is 7. The fourth-order valence-electron chi connectivity index (χ4n) is 4.38. The Morgan fingerprint density at radius 3 is 2.84 bits per heavy atom. The molecule has 1 atom stereocenters. The summed E-state index contributed by atoms with van der Waals surface area (Å²) >= 11 is 0. The topological polar surface area (TPSA) is 140 Å². The number of hydrogen-bond donors (Lipinski definition) is 3. The Morgan fingerprint density at radius 1 is 1.18 bits per heavy atom. The number of anilines is 4. The van der Waals surface area contributed by atoms with Gasteiger partial charge in [0.15, 0.2) is 11.5 Å². The Balaban J connectivity index is 1.26. The summed E-state index contributed by atoms with van der Waals surface area (Å²) in [6.07, 6.45) is 8.11. The number of amides is 1. The number of ether oxygens (including phenoxy) is 1. The van der Waals surface area contributed by atoms with Crippen molar-refractivity contribution in [3.8, 4) is 0 Å². The highest BCUT2D eigenvalue weighted by molar-refractivity contribution is 5.96. The van der Waals surface area contributed by atoms with Crippen molar-refractivity contribution in [3.05, 3.63) is 42.1 Å². The van der Waals surface area contributed by atoms with E-state index < -0.39 is 0 Å². The van der Waals surface area contributed by atoms with Gasteiger partial charge in [0, 0.05) is 58.9 Å². The van der Waals surface area contributed by atoms with E-state index in [2.05, 4.69) is 52.9 Å². The van der Waals surface area contributed by atoms with Crippen molar-refractivity contribution in [2.24, 2.45) is 14.1 Å². The maximum Gasteiger partial charge on any atom is 0.252 e. The molecule has 4 aromatic rings. The van der Waals surface area contributed by atoms with Crippen LogP contribution in [0.25, 0.3) is 11.0 Å². The van der Waals surface area contributed by atoms with Gasteiger partial charge in [0.2, 0.25) is 5.95 Å². The van der Waals surface area contributed by atoms with Crippen LogP contribution >= 0.6 is 0 Å². The average molecular weight is 520 g/mol. The summed E-state index contributed by atoms with van der Waals surface area (Å²) in [5.41, 5.74) is 3.36. The third-order valence-electron chi connectivity index (χ3n) is 6.54. The van der Waals surface area contributed by atoms with E-state index in [-0.39, 0.29) is 12.0 Å². The molecule has 0 bridgehead atoms. The lowest BCUT2D eigenvalue weighted by atomic mass is 10.2. The first-order valence-corrected chi connectivity index (χ1v) is 12.7. The second-order valence-corrected chi connectivity index (χ2v) is 9.37. The number of aryl methyl sites for hydroxylation is 3. The van der Waals surface area contributed by atoms with Gasteiger partial charge in [-0.2, -0.15) is 15.2 Å². The highest BCUT2D eigenvalue weighted by Gasteiger charge is 2.19. The van der Waals surface area contributed by atoms with E-state index in [1.165, 1.54) is 0 Å². The van der Waals surface area contributed by atoms with Crippen molar-refractivity contribution >= 4 is 40.1 Å². The quantitative estimate of drug-likeness (QED) is 0.301. The minimum Gasteiger partial charge on any atom is -0.376 e. The van der Waals surface area contributed by atoms with Gasteiger partial charge < -0.3 is 20.7 Å². The second-order valence-electron chi connectivity index (χ2n) is 9.37. The number of rotatable bonds is 9. The van der Waals surface area contributed by atoms with Crippen LogP contribution in [0.5, 0.6) is 0 Å². The van der Waals surface area contributed by atoms with Gasteiger partial charge in [-0.15, -0.1) is 0 Å². The molecule has 0 spiro atoms. The molecule has 13 heteroatoms. The van der Waals surface area contributed by atoms with Gasteiger partial charge in [-0.1, -0.05) is 6.92 Å². The van der Waals surface area contributed by atoms with Gasteiger partial charge in [0.25, 0.3) is 5.91 Å². The first kappa shape index (κ1) is 25.5. The zero-order valence-corrected chi connectivity index (χ0v) is 22.1. The highest BCUT2D eigenvalue weighted by atomic mass is 16.5. The molecule has 0 radical (unpaired) electrons. The Kier molecular flexibility index (Phi) is 7.47. The van der Waals surface area contributed by atoms with Crippen LogP contribution in [0, 0.1) is 6.92 Å².